The maximum absolute atomic E-state index is 6.04. The number of hydrogen-bond donors (Lipinski definition) is 0. The second kappa shape index (κ2) is 4.07. The maximum atomic E-state index is 6.04. The van der Waals surface area contributed by atoms with Crippen LogP contribution in [0.3, 0.4) is 0 Å². The van der Waals surface area contributed by atoms with Gasteiger partial charge in [-0.25, -0.2) is 9.97 Å². The fourth-order valence-electron chi connectivity index (χ4n) is 1.15. The number of rotatable bonds is 1. The van der Waals surface area contributed by atoms with Crippen molar-refractivity contribution in [3.8, 4) is 11.3 Å². The topological polar surface area (TPSA) is 25.8 Å². The highest BCUT2D eigenvalue weighted by Crippen LogP contribution is 2.26. The van der Waals surface area contributed by atoms with Crippen molar-refractivity contribution in [3.63, 3.8) is 0 Å². The highest BCUT2D eigenvalue weighted by molar-refractivity contribution is 9.10. The maximum Gasteiger partial charge on any atom is 0.117 e. The predicted molar refractivity (Wildman–Crippen MR) is 60.2 cm³/mol. The molecule has 0 saturated heterocycles. The normalized spacial score (nSPS) is 10.1. The number of hydrogen-bond acceptors (Lipinski definition) is 2. The third-order valence-electron chi connectivity index (χ3n) is 1.78. The zero-order valence-corrected chi connectivity index (χ0v) is 9.46. The SMILES string of the molecule is Clc1ccccc1-c1cc(Br)ncn1. The zero-order chi connectivity index (χ0) is 9.97. The van der Waals surface area contributed by atoms with Gasteiger partial charge in [-0.3, -0.25) is 0 Å². The first-order valence-electron chi connectivity index (χ1n) is 4.00. The number of benzene rings is 1. The van der Waals surface area contributed by atoms with Crippen LogP contribution in [0, 0.1) is 0 Å². The molecule has 0 unspecified atom stereocenters. The van der Waals surface area contributed by atoms with E-state index in [1.807, 2.05) is 30.3 Å². The molecule has 1 aromatic heterocycles. The van der Waals surface area contributed by atoms with Crippen LogP contribution in [0.25, 0.3) is 11.3 Å². The first-order chi connectivity index (χ1) is 6.77. The van der Waals surface area contributed by atoms with E-state index in [1.54, 1.807) is 0 Å². The van der Waals surface area contributed by atoms with Gasteiger partial charge in [0.15, 0.2) is 0 Å². The summed E-state index contributed by atoms with van der Waals surface area (Å²) in [5.74, 6) is 0. The minimum atomic E-state index is 0.693. The second-order valence-electron chi connectivity index (χ2n) is 2.71. The average molecular weight is 270 g/mol. The standard InChI is InChI=1S/C10H6BrClN2/c11-10-5-9(13-6-14-10)7-3-1-2-4-8(7)12/h1-6H. The molecule has 0 aliphatic carbocycles. The Bertz CT molecular complexity index is 459. The second-order valence-corrected chi connectivity index (χ2v) is 3.93. The van der Waals surface area contributed by atoms with E-state index in [2.05, 4.69) is 25.9 Å². The number of nitrogens with zero attached hydrogens (tertiary/aromatic N) is 2. The molecule has 0 bridgehead atoms. The summed E-state index contributed by atoms with van der Waals surface area (Å²) >= 11 is 9.33. The lowest BCUT2D eigenvalue weighted by molar-refractivity contribution is 1.14. The third-order valence-corrected chi connectivity index (χ3v) is 2.55. The van der Waals surface area contributed by atoms with Crippen LogP contribution < -0.4 is 0 Å². The van der Waals surface area contributed by atoms with Crippen molar-refractivity contribution in [1.29, 1.82) is 0 Å². The van der Waals surface area contributed by atoms with Crippen molar-refractivity contribution in [3.05, 3.63) is 46.3 Å². The van der Waals surface area contributed by atoms with E-state index in [0.717, 1.165) is 15.9 Å². The lowest BCUT2D eigenvalue weighted by Crippen LogP contribution is -1.86. The van der Waals surface area contributed by atoms with Gasteiger partial charge in [-0.15, -0.1) is 0 Å². The summed E-state index contributed by atoms with van der Waals surface area (Å²) < 4.78 is 0.752. The molecule has 0 fully saturated rings. The molecule has 0 N–H and O–H groups in total. The monoisotopic (exact) mass is 268 g/mol. The fraction of sp³-hybridized carbons (Fsp3) is 0. The van der Waals surface area contributed by atoms with Crippen molar-refractivity contribution < 1.29 is 0 Å². The summed E-state index contributed by atoms with van der Waals surface area (Å²) in [5, 5.41) is 0.693. The van der Waals surface area contributed by atoms with Gasteiger partial charge in [-0.05, 0) is 28.1 Å². The Morgan fingerprint density at radius 1 is 1.14 bits per heavy atom. The first kappa shape index (κ1) is 9.62. The molecule has 1 heterocycles. The Labute approximate surface area is 95.1 Å². The third kappa shape index (κ3) is 1.94. The summed E-state index contributed by atoms with van der Waals surface area (Å²) in [5.41, 5.74) is 1.73. The molecular weight excluding hydrogens is 263 g/mol. The van der Waals surface area contributed by atoms with Gasteiger partial charge < -0.3 is 0 Å². The van der Waals surface area contributed by atoms with Crippen molar-refractivity contribution in [2.75, 3.05) is 0 Å². The van der Waals surface area contributed by atoms with Crippen molar-refractivity contribution in [2.24, 2.45) is 0 Å². The molecule has 0 spiro atoms. The summed E-state index contributed by atoms with van der Waals surface area (Å²) in [7, 11) is 0. The van der Waals surface area contributed by atoms with E-state index in [1.165, 1.54) is 6.33 Å². The van der Waals surface area contributed by atoms with Crippen LogP contribution in [0.5, 0.6) is 0 Å². The highest BCUT2D eigenvalue weighted by atomic mass is 79.9. The van der Waals surface area contributed by atoms with E-state index in [9.17, 15) is 0 Å². The Kier molecular flexibility index (Phi) is 2.79. The van der Waals surface area contributed by atoms with Gasteiger partial charge >= 0.3 is 0 Å². The lowest BCUT2D eigenvalue weighted by atomic mass is 10.1. The summed E-state index contributed by atoms with van der Waals surface area (Å²) in [4.78, 5) is 8.10. The molecule has 2 aromatic rings. The van der Waals surface area contributed by atoms with Gasteiger partial charge in [0.25, 0.3) is 0 Å². The Morgan fingerprint density at radius 2 is 1.93 bits per heavy atom. The molecule has 2 nitrogen and oxygen atoms in total. The van der Waals surface area contributed by atoms with E-state index >= 15 is 0 Å². The van der Waals surface area contributed by atoms with Gasteiger partial charge in [-0.2, -0.15) is 0 Å². The lowest BCUT2D eigenvalue weighted by Gasteiger charge is -2.02. The van der Waals surface area contributed by atoms with Crippen LogP contribution in [-0.2, 0) is 0 Å². The van der Waals surface area contributed by atoms with E-state index in [-0.39, 0.29) is 0 Å². The first-order valence-corrected chi connectivity index (χ1v) is 5.17. The van der Waals surface area contributed by atoms with Crippen molar-refractivity contribution >= 4 is 27.5 Å². The highest BCUT2D eigenvalue weighted by Gasteiger charge is 2.03. The smallest absolute Gasteiger partial charge is 0.117 e. The minimum Gasteiger partial charge on any atom is -0.236 e. The molecule has 4 heteroatoms. The number of aromatic nitrogens is 2. The van der Waals surface area contributed by atoms with E-state index in [0.29, 0.717) is 5.02 Å². The van der Waals surface area contributed by atoms with Crippen LogP contribution in [0.1, 0.15) is 0 Å². The molecule has 1 aromatic carbocycles. The molecule has 0 saturated carbocycles. The molecule has 0 aliphatic heterocycles. The van der Waals surface area contributed by atoms with Crippen molar-refractivity contribution in [2.45, 2.75) is 0 Å². The predicted octanol–water partition coefficient (Wildman–Crippen LogP) is 3.56. The average Bonchev–Trinajstić information content (AvgIpc) is 2.18. The van der Waals surface area contributed by atoms with Gasteiger partial charge in [-0.1, -0.05) is 29.8 Å². The van der Waals surface area contributed by atoms with Gasteiger partial charge in [0, 0.05) is 10.6 Å². The van der Waals surface area contributed by atoms with E-state index in [4.69, 9.17) is 11.6 Å². The molecule has 0 atom stereocenters. The summed E-state index contributed by atoms with van der Waals surface area (Å²) in [6.45, 7) is 0. The Morgan fingerprint density at radius 3 is 2.64 bits per heavy atom. The molecule has 0 amide bonds. The molecule has 2 rings (SSSR count). The molecule has 0 aliphatic rings. The van der Waals surface area contributed by atoms with Crippen LogP contribution in [0.2, 0.25) is 5.02 Å². The van der Waals surface area contributed by atoms with Gasteiger partial charge in [0.2, 0.25) is 0 Å². The molecular formula is C10H6BrClN2. The summed E-state index contributed by atoms with van der Waals surface area (Å²) in [6, 6.07) is 9.42. The van der Waals surface area contributed by atoms with Crippen LogP contribution in [0.4, 0.5) is 0 Å². The van der Waals surface area contributed by atoms with E-state index < -0.39 is 0 Å². The van der Waals surface area contributed by atoms with Crippen LogP contribution in [-0.4, -0.2) is 9.97 Å². The number of halogens is 2. The molecule has 70 valence electrons. The summed E-state index contributed by atoms with van der Waals surface area (Å²) in [6.07, 6.45) is 1.50. The van der Waals surface area contributed by atoms with Gasteiger partial charge in [0.1, 0.15) is 10.9 Å². The van der Waals surface area contributed by atoms with Crippen molar-refractivity contribution in [1.82, 2.24) is 9.97 Å². The zero-order valence-electron chi connectivity index (χ0n) is 7.11. The quantitative estimate of drug-likeness (QED) is 0.740. The van der Waals surface area contributed by atoms with Crippen LogP contribution in [0.15, 0.2) is 41.3 Å². The Balaban J connectivity index is 2.55. The largest absolute Gasteiger partial charge is 0.236 e. The minimum absolute atomic E-state index is 0.693. The molecule has 0 radical (unpaired) electrons. The molecule has 14 heavy (non-hydrogen) atoms. The van der Waals surface area contributed by atoms with Gasteiger partial charge in [0.05, 0.1) is 5.69 Å². The Hall–Kier alpha value is -0.930. The van der Waals surface area contributed by atoms with Crippen LogP contribution >= 0.6 is 27.5 Å². The fourth-order valence-corrected chi connectivity index (χ4v) is 1.69.